The molecule has 3 rings (SSSR count). The van der Waals surface area contributed by atoms with Crippen molar-refractivity contribution in [3.8, 4) is 17.2 Å². The van der Waals surface area contributed by atoms with Gasteiger partial charge in [-0.25, -0.2) is 5.43 Å². The Morgan fingerprint density at radius 2 is 1.82 bits per heavy atom. The van der Waals surface area contributed by atoms with E-state index in [0.29, 0.717) is 29.4 Å². The predicted octanol–water partition coefficient (Wildman–Crippen LogP) is 3.45. The molecule has 0 aliphatic rings. The number of amides is 2. The molecule has 0 saturated heterocycles. The first-order valence-electron chi connectivity index (χ1n) is 10.7. The Labute approximate surface area is 198 Å². The van der Waals surface area contributed by atoms with Gasteiger partial charge in [-0.3, -0.25) is 9.59 Å². The molecule has 0 heterocycles. The third-order valence-electron chi connectivity index (χ3n) is 4.79. The van der Waals surface area contributed by atoms with Crippen molar-refractivity contribution in [3.05, 3.63) is 78.9 Å². The first kappa shape index (κ1) is 24.3. The van der Waals surface area contributed by atoms with Crippen LogP contribution in [0.25, 0.3) is 10.8 Å². The summed E-state index contributed by atoms with van der Waals surface area (Å²) in [4.78, 5) is 24.4. The van der Waals surface area contributed by atoms with Gasteiger partial charge in [-0.1, -0.05) is 43.0 Å². The summed E-state index contributed by atoms with van der Waals surface area (Å²) in [5.74, 6) is 0.801. The van der Waals surface area contributed by atoms with E-state index < -0.39 is 17.9 Å². The molecule has 0 saturated carbocycles. The predicted molar refractivity (Wildman–Crippen MR) is 131 cm³/mol. The molecule has 2 amide bonds. The van der Waals surface area contributed by atoms with E-state index in [9.17, 15) is 9.59 Å². The minimum Gasteiger partial charge on any atom is -0.493 e. The van der Waals surface area contributed by atoms with Crippen molar-refractivity contribution >= 4 is 28.8 Å². The Kier molecular flexibility index (Phi) is 8.62. The topological polar surface area (TPSA) is 98.2 Å². The minimum atomic E-state index is -0.797. The van der Waals surface area contributed by atoms with Gasteiger partial charge in [0.15, 0.2) is 18.1 Å². The summed E-state index contributed by atoms with van der Waals surface area (Å²) in [6, 6.07) is 17.9. The second kappa shape index (κ2) is 12.1. The van der Waals surface area contributed by atoms with Crippen LogP contribution in [0.15, 0.2) is 78.4 Å². The average Bonchev–Trinajstić information content (AvgIpc) is 2.86. The van der Waals surface area contributed by atoms with Gasteiger partial charge in [0.2, 0.25) is 0 Å². The highest BCUT2D eigenvalue weighted by Gasteiger charge is 2.15. The molecule has 8 heteroatoms. The normalized spacial score (nSPS) is 11.6. The van der Waals surface area contributed by atoms with Crippen molar-refractivity contribution in [2.24, 2.45) is 5.10 Å². The largest absolute Gasteiger partial charge is 0.493 e. The molecule has 1 atom stereocenters. The third-order valence-corrected chi connectivity index (χ3v) is 4.79. The molecule has 3 aromatic rings. The zero-order chi connectivity index (χ0) is 24.3. The maximum Gasteiger partial charge on any atom is 0.262 e. The fraction of sp³-hybridized carbons (Fsp3) is 0.192. The molecule has 0 fully saturated rings. The summed E-state index contributed by atoms with van der Waals surface area (Å²) < 4.78 is 16.4. The van der Waals surface area contributed by atoms with Crippen LogP contribution in [-0.4, -0.2) is 44.4 Å². The monoisotopic (exact) mass is 461 g/mol. The van der Waals surface area contributed by atoms with Crippen LogP contribution in [0, 0.1) is 0 Å². The fourth-order valence-corrected chi connectivity index (χ4v) is 3.05. The zero-order valence-electron chi connectivity index (χ0n) is 19.1. The molecule has 2 N–H and O–H groups in total. The number of nitrogens with one attached hydrogen (secondary N) is 2. The summed E-state index contributed by atoms with van der Waals surface area (Å²) in [6.45, 7) is 5.32. The molecule has 176 valence electrons. The number of benzene rings is 3. The molecule has 0 bridgehead atoms. The van der Waals surface area contributed by atoms with Gasteiger partial charge in [-0.15, -0.1) is 0 Å². The Balaban J connectivity index is 1.46. The quantitative estimate of drug-likeness (QED) is 0.259. The summed E-state index contributed by atoms with van der Waals surface area (Å²) in [7, 11) is 1.53. The number of hydrazone groups is 1. The number of ether oxygens (including phenoxy) is 3. The van der Waals surface area contributed by atoms with E-state index in [-0.39, 0.29) is 6.61 Å². The van der Waals surface area contributed by atoms with Crippen molar-refractivity contribution in [1.82, 2.24) is 10.7 Å². The summed E-state index contributed by atoms with van der Waals surface area (Å²) >= 11 is 0. The number of methoxy groups -OCH3 is 1. The van der Waals surface area contributed by atoms with E-state index in [4.69, 9.17) is 14.2 Å². The van der Waals surface area contributed by atoms with Crippen LogP contribution in [0.2, 0.25) is 0 Å². The summed E-state index contributed by atoms with van der Waals surface area (Å²) in [5.41, 5.74) is 3.10. The van der Waals surface area contributed by atoms with Crippen LogP contribution in [0.5, 0.6) is 17.2 Å². The lowest BCUT2D eigenvalue weighted by atomic mass is 10.1. The number of fused-ring (bicyclic) bond motifs is 1. The number of hydrogen-bond acceptors (Lipinski definition) is 6. The second-order valence-corrected chi connectivity index (χ2v) is 7.33. The van der Waals surface area contributed by atoms with Gasteiger partial charge in [0.05, 0.1) is 13.3 Å². The number of carbonyl (C=O) groups is 2. The third kappa shape index (κ3) is 6.83. The van der Waals surface area contributed by atoms with E-state index in [1.165, 1.54) is 13.3 Å². The van der Waals surface area contributed by atoms with Crippen LogP contribution in [-0.2, 0) is 9.59 Å². The van der Waals surface area contributed by atoms with Gasteiger partial charge in [-0.2, -0.15) is 5.10 Å². The molecule has 8 nitrogen and oxygen atoms in total. The van der Waals surface area contributed by atoms with Gasteiger partial charge in [0.25, 0.3) is 11.8 Å². The van der Waals surface area contributed by atoms with Gasteiger partial charge in [0.1, 0.15) is 18.4 Å². The van der Waals surface area contributed by atoms with Crippen LogP contribution < -0.4 is 25.0 Å². The lowest BCUT2D eigenvalue weighted by Crippen LogP contribution is -2.45. The number of rotatable bonds is 11. The summed E-state index contributed by atoms with van der Waals surface area (Å²) in [5, 5.41) is 8.63. The summed E-state index contributed by atoms with van der Waals surface area (Å²) in [6.07, 6.45) is 3.11. The van der Waals surface area contributed by atoms with E-state index in [1.807, 2.05) is 36.4 Å². The van der Waals surface area contributed by atoms with Crippen molar-refractivity contribution in [2.45, 2.75) is 13.0 Å². The van der Waals surface area contributed by atoms with Crippen LogP contribution in [0.4, 0.5) is 0 Å². The van der Waals surface area contributed by atoms with E-state index in [1.54, 1.807) is 37.3 Å². The average molecular weight is 462 g/mol. The second-order valence-electron chi connectivity index (χ2n) is 7.33. The Morgan fingerprint density at radius 1 is 1.03 bits per heavy atom. The minimum absolute atomic E-state index is 0.209. The highest BCUT2D eigenvalue weighted by molar-refractivity contribution is 5.89. The SMILES string of the molecule is C=CCOc1ccc(/C=N\NC(=O)[C@@H](C)NC(=O)COc2ccc3ccccc3c2)cc1OC. The first-order valence-corrected chi connectivity index (χ1v) is 10.7. The van der Waals surface area contributed by atoms with E-state index in [2.05, 4.69) is 22.4 Å². The Morgan fingerprint density at radius 3 is 2.59 bits per heavy atom. The smallest absolute Gasteiger partial charge is 0.262 e. The molecule has 0 aromatic heterocycles. The molecule has 0 radical (unpaired) electrons. The molecule has 0 aliphatic heterocycles. The maximum absolute atomic E-state index is 12.3. The zero-order valence-corrected chi connectivity index (χ0v) is 19.1. The lowest BCUT2D eigenvalue weighted by Gasteiger charge is -2.13. The van der Waals surface area contributed by atoms with Gasteiger partial charge in [-0.05, 0) is 53.6 Å². The first-order chi connectivity index (χ1) is 16.5. The van der Waals surface area contributed by atoms with Crippen molar-refractivity contribution in [2.75, 3.05) is 20.3 Å². The number of carbonyl (C=O) groups excluding carboxylic acids is 2. The van der Waals surface area contributed by atoms with Crippen LogP contribution in [0.3, 0.4) is 0 Å². The van der Waals surface area contributed by atoms with Gasteiger partial charge >= 0.3 is 0 Å². The van der Waals surface area contributed by atoms with Crippen molar-refractivity contribution in [1.29, 1.82) is 0 Å². The highest BCUT2D eigenvalue weighted by atomic mass is 16.5. The molecule has 34 heavy (non-hydrogen) atoms. The molecule has 0 unspecified atom stereocenters. The van der Waals surface area contributed by atoms with Crippen molar-refractivity contribution < 1.29 is 23.8 Å². The number of nitrogens with zero attached hydrogens (tertiary/aromatic N) is 1. The lowest BCUT2D eigenvalue weighted by molar-refractivity contribution is -0.129. The Bertz CT molecular complexity index is 1190. The maximum atomic E-state index is 12.3. The van der Waals surface area contributed by atoms with Crippen LogP contribution >= 0.6 is 0 Å². The van der Waals surface area contributed by atoms with Crippen molar-refractivity contribution in [3.63, 3.8) is 0 Å². The van der Waals surface area contributed by atoms with E-state index >= 15 is 0 Å². The Hall–Kier alpha value is -4.33. The molecule has 0 spiro atoms. The standard InChI is InChI=1S/C26H27N3O5/c1-4-13-33-23-12-9-19(14-24(23)32-3)16-27-29-26(31)18(2)28-25(30)17-34-22-11-10-20-7-5-6-8-21(20)15-22/h4-12,14-16,18H,1,13,17H2,2-3H3,(H,28,30)(H,29,31)/b27-16-/t18-/m1/s1. The molecular weight excluding hydrogens is 434 g/mol. The molecular formula is C26H27N3O5. The highest BCUT2D eigenvalue weighted by Crippen LogP contribution is 2.27. The van der Waals surface area contributed by atoms with Crippen LogP contribution in [0.1, 0.15) is 12.5 Å². The van der Waals surface area contributed by atoms with Gasteiger partial charge in [0, 0.05) is 0 Å². The van der Waals surface area contributed by atoms with Gasteiger partial charge < -0.3 is 19.5 Å². The number of hydrogen-bond donors (Lipinski definition) is 2. The van der Waals surface area contributed by atoms with E-state index in [0.717, 1.165) is 10.8 Å². The molecule has 0 aliphatic carbocycles. The fourth-order valence-electron chi connectivity index (χ4n) is 3.05. The molecule has 3 aromatic carbocycles.